The van der Waals surface area contributed by atoms with E-state index in [-0.39, 0.29) is 0 Å². The van der Waals surface area contributed by atoms with Crippen molar-refractivity contribution < 1.29 is 0 Å². The number of aromatic nitrogens is 2. The number of nitrogens with zero attached hydrogens (tertiary/aromatic N) is 2. The third-order valence-electron chi connectivity index (χ3n) is 2.14. The van der Waals surface area contributed by atoms with Crippen LogP contribution in [-0.4, -0.2) is 9.97 Å². The Morgan fingerprint density at radius 3 is 2.53 bits per heavy atom. The van der Waals surface area contributed by atoms with E-state index in [2.05, 4.69) is 9.97 Å². The van der Waals surface area contributed by atoms with Crippen molar-refractivity contribution >= 4 is 11.6 Å². The zero-order valence-corrected chi connectivity index (χ0v) is 9.20. The number of hydrogen-bond donors (Lipinski definition) is 0. The Morgan fingerprint density at radius 1 is 1.13 bits per heavy atom. The second-order valence-corrected chi connectivity index (χ2v) is 3.61. The highest BCUT2D eigenvalue weighted by atomic mass is 35.5. The number of rotatable bonds is 2. The lowest BCUT2D eigenvalue weighted by atomic mass is 10.2. The van der Waals surface area contributed by atoms with Gasteiger partial charge in [-0.25, -0.2) is 9.97 Å². The van der Waals surface area contributed by atoms with Crippen LogP contribution in [0, 0.1) is 0 Å². The molecule has 2 aromatic rings. The summed E-state index contributed by atoms with van der Waals surface area (Å²) in [6, 6.07) is 11.6. The van der Waals surface area contributed by atoms with Gasteiger partial charge in [0.15, 0.2) is 5.82 Å². The largest absolute Gasteiger partial charge is 0.233 e. The van der Waals surface area contributed by atoms with Crippen LogP contribution in [0.25, 0.3) is 11.4 Å². The molecule has 0 spiro atoms. The first kappa shape index (κ1) is 10.1. The number of halogens is 1. The molecule has 0 bridgehead atoms. The predicted molar refractivity (Wildman–Crippen MR) is 61.9 cm³/mol. The molecular formula is C12H11ClN2. The quantitative estimate of drug-likeness (QED) is 0.723. The second-order valence-electron chi connectivity index (χ2n) is 3.23. The highest BCUT2D eigenvalue weighted by Gasteiger charge is 2.03. The van der Waals surface area contributed by atoms with Crippen molar-refractivity contribution in [1.82, 2.24) is 9.97 Å². The summed E-state index contributed by atoms with van der Waals surface area (Å²) in [6.07, 6.45) is 0.863. The fourth-order valence-corrected chi connectivity index (χ4v) is 1.57. The number of aryl methyl sites for hydroxylation is 1. The SMILES string of the molecule is CCc1cc(Cl)nc(-c2ccccc2)n1. The summed E-state index contributed by atoms with van der Waals surface area (Å²) in [5.41, 5.74) is 1.96. The van der Waals surface area contributed by atoms with E-state index < -0.39 is 0 Å². The molecule has 0 amide bonds. The Bertz CT molecular complexity index is 454. The van der Waals surface area contributed by atoms with Crippen LogP contribution in [0.2, 0.25) is 5.15 Å². The van der Waals surface area contributed by atoms with Gasteiger partial charge in [0.05, 0.1) is 0 Å². The number of hydrogen-bond acceptors (Lipinski definition) is 2. The van der Waals surface area contributed by atoms with Crippen LogP contribution in [0.15, 0.2) is 36.4 Å². The molecule has 0 unspecified atom stereocenters. The van der Waals surface area contributed by atoms with Gasteiger partial charge in [0.25, 0.3) is 0 Å². The fraction of sp³-hybridized carbons (Fsp3) is 0.167. The molecule has 2 nitrogen and oxygen atoms in total. The van der Waals surface area contributed by atoms with Gasteiger partial charge in [-0.1, -0.05) is 48.9 Å². The molecule has 0 N–H and O–H groups in total. The summed E-state index contributed by atoms with van der Waals surface area (Å²) in [7, 11) is 0. The molecule has 0 aliphatic carbocycles. The van der Waals surface area contributed by atoms with Crippen molar-refractivity contribution in [2.75, 3.05) is 0 Å². The summed E-state index contributed by atoms with van der Waals surface area (Å²) >= 11 is 5.93. The van der Waals surface area contributed by atoms with Crippen LogP contribution in [0.3, 0.4) is 0 Å². The average Bonchev–Trinajstić information content (AvgIpc) is 2.29. The minimum absolute atomic E-state index is 0.501. The fourth-order valence-electron chi connectivity index (χ4n) is 1.36. The van der Waals surface area contributed by atoms with Gasteiger partial charge >= 0.3 is 0 Å². The summed E-state index contributed by atoms with van der Waals surface area (Å²) in [5.74, 6) is 0.694. The molecular weight excluding hydrogens is 208 g/mol. The van der Waals surface area contributed by atoms with E-state index in [1.165, 1.54) is 0 Å². The van der Waals surface area contributed by atoms with Crippen LogP contribution >= 0.6 is 11.6 Å². The van der Waals surface area contributed by atoms with Crippen LogP contribution < -0.4 is 0 Å². The molecule has 76 valence electrons. The van der Waals surface area contributed by atoms with E-state index in [4.69, 9.17) is 11.6 Å². The van der Waals surface area contributed by atoms with E-state index in [0.717, 1.165) is 17.7 Å². The molecule has 0 aliphatic heterocycles. The Balaban J connectivity index is 2.49. The van der Waals surface area contributed by atoms with Gasteiger partial charge in [-0.2, -0.15) is 0 Å². The molecule has 1 aromatic heterocycles. The summed E-state index contributed by atoms with van der Waals surface area (Å²) in [6.45, 7) is 2.05. The first-order valence-corrected chi connectivity index (χ1v) is 5.26. The Morgan fingerprint density at radius 2 is 1.87 bits per heavy atom. The maximum Gasteiger partial charge on any atom is 0.161 e. The van der Waals surface area contributed by atoms with Gasteiger partial charge in [0.1, 0.15) is 5.15 Å². The van der Waals surface area contributed by atoms with Gasteiger partial charge in [-0.3, -0.25) is 0 Å². The first-order valence-electron chi connectivity index (χ1n) is 4.88. The summed E-state index contributed by atoms with van der Waals surface area (Å²) in [5, 5.41) is 0.501. The van der Waals surface area contributed by atoms with Crippen LogP contribution in [0.5, 0.6) is 0 Å². The van der Waals surface area contributed by atoms with E-state index in [1.807, 2.05) is 37.3 Å². The van der Waals surface area contributed by atoms with E-state index in [9.17, 15) is 0 Å². The lowest BCUT2D eigenvalue weighted by molar-refractivity contribution is 1.01. The molecule has 1 aromatic carbocycles. The smallest absolute Gasteiger partial charge is 0.161 e. The molecule has 0 atom stereocenters. The van der Waals surface area contributed by atoms with Crippen molar-refractivity contribution in [2.45, 2.75) is 13.3 Å². The third-order valence-corrected chi connectivity index (χ3v) is 2.34. The Labute approximate surface area is 94.0 Å². The minimum atomic E-state index is 0.501. The van der Waals surface area contributed by atoms with Crippen molar-refractivity contribution in [1.29, 1.82) is 0 Å². The lowest BCUT2D eigenvalue weighted by Gasteiger charge is -2.03. The normalized spacial score (nSPS) is 10.3. The van der Waals surface area contributed by atoms with Crippen LogP contribution in [-0.2, 0) is 6.42 Å². The first-order chi connectivity index (χ1) is 7.29. The van der Waals surface area contributed by atoms with Crippen molar-refractivity contribution in [2.24, 2.45) is 0 Å². The van der Waals surface area contributed by atoms with Gasteiger partial charge < -0.3 is 0 Å². The second kappa shape index (κ2) is 4.41. The van der Waals surface area contributed by atoms with Gasteiger partial charge in [-0.15, -0.1) is 0 Å². The summed E-state index contributed by atoms with van der Waals surface area (Å²) in [4.78, 5) is 8.63. The maximum absolute atomic E-state index is 5.93. The molecule has 0 aliphatic rings. The van der Waals surface area contributed by atoms with E-state index >= 15 is 0 Å². The zero-order valence-electron chi connectivity index (χ0n) is 8.44. The van der Waals surface area contributed by atoms with Crippen molar-refractivity contribution in [3.8, 4) is 11.4 Å². The molecule has 15 heavy (non-hydrogen) atoms. The average molecular weight is 219 g/mol. The monoisotopic (exact) mass is 218 g/mol. The lowest BCUT2D eigenvalue weighted by Crippen LogP contribution is -1.94. The number of benzene rings is 1. The minimum Gasteiger partial charge on any atom is -0.233 e. The van der Waals surface area contributed by atoms with Gasteiger partial charge in [-0.05, 0) is 12.5 Å². The molecule has 0 fully saturated rings. The molecule has 3 heteroatoms. The standard InChI is InChI=1S/C12H11ClN2/c1-2-10-8-11(13)15-12(14-10)9-6-4-3-5-7-9/h3-8H,2H2,1H3. The molecule has 0 saturated carbocycles. The molecule has 0 saturated heterocycles. The predicted octanol–water partition coefficient (Wildman–Crippen LogP) is 3.36. The van der Waals surface area contributed by atoms with Gasteiger partial charge in [0.2, 0.25) is 0 Å². The van der Waals surface area contributed by atoms with E-state index in [1.54, 1.807) is 6.07 Å². The van der Waals surface area contributed by atoms with Crippen molar-refractivity contribution in [3.05, 3.63) is 47.2 Å². The Kier molecular flexibility index (Phi) is 2.97. The maximum atomic E-state index is 5.93. The highest BCUT2D eigenvalue weighted by molar-refractivity contribution is 6.29. The highest BCUT2D eigenvalue weighted by Crippen LogP contribution is 2.17. The van der Waals surface area contributed by atoms with E-state index in [0.29, 0.717) is 11.0 Å². The van der Waals surface area contributed by atoms with Crippen LogP contribution in [0.4, 0.5) is 0 Å². The molecule has 0 radical (unpaired) electrons. The van der Waals surface area contributed by atoms with Gasteiger partial charge in [0, 0.05) is 11.3 Å². The molecule has 1 heterocycles. The third kappa shape index (κ3) is 2.34. The topological polar surface area (TPSA) is 25.8 Å². The van der Waals surface area contributed by atoms with Crippen molar-refractivity contribution in [3.63, 3.8) is 0 Å². The summed E-state index contributed by atoms with van der Waals surface area (Å²) < 4.78 is 0. The molecule has 2 rings (SSSR count). The Hall–Kier alpha value is -1.41. The zero-order chi connectivity index (χ0) is 10.7. The van der Waals surface area contributed by atoms with Crippen LogP contribution in [0.1, 0.15) is 12.6 Å².